The molecule has 0 fully saturated rings. The summed E-state index contributed by atoms with van der Waals surface area (Å²) in [6, 6.07) is 71.2. The van der Waals surface area contributed by atoms with Crippen molar-refractivity contribution in [1.29, 1.82) is 0 Å². The summed E-state index contributed by atoms with van der Waals surface area (Å²) in [6.07, 6.45) is 7.32. The maximum Gasteiger partial charge on any atom is 0.0788 e. The van der Waals surface area contributed by atoms with Gasteiger partial charge < -0.3 is 4.57 Å². The summed E-state index contributed by atoms with van der Waals surface area (Å²) < 4.78 is 2.41. The Hall–Kier alpha value is -8.54. The van der Waals surface area contributed by atoms with E-state index in [9.17, 15) is 0 Å². The van der Waals surface area contributed by atoms with Gasteiger partial charge in [0, 0.05) is 74.1 Å². The van der Waals surface area contributed by atoms with E-state index < -0.39 is 0 Å². The van der Waals surface area contributed by atoms with Crippen LogP contribution in [0.2, 0.25) is 0 Å². The highest BCUT2D eigenvalue weighted by Crippen LogP contribution is 2.43. The Morgan fingerprint density at radius 3 is 1.44 bits per heavy atom. The van der Waals surface area contributed by atoms with E-state index in [0.717, 1.165) is 100 Å². The van der Waals surface area contributed by atoms with Crippen LogP contribution in [-0.4, -0.2) is 24.5 Å². The Bertz CT molecular complexity index is 3520. The van der Waals surface area contributed by atoms with Crippen LogP contribution in [0.5, 0.6) is 0 Å². The molecule has 5 aromatic heterocycles. The van der Waals surface area contributed by atoms with E-state index >= 15 is 0 Å². The molecule has 0 aliphatic rings. The van der Waals surface area contributed by atoms with Crippen LogP contribution in [0, 0.1) is 0 Å². The first-order chi connectivity index (χ1) is 31.2. The summed E-state index contributed by atoms with van der Waals surface area (Å²) in [5, 5.41) is 5.97. The Balaban J connectivity index is 0.992. The van der Waals surface area contributed by atoms with Crippen molar-refractivity contribution in [3.8, 4) is 72.8 Å². The number of rotatable bonds is 7. The zero-order valence-electron chi connectivity index (χ0n) is 34.1. The molecule has 0 radical (unpaired) electrons. The number of hydrogen-bond donors (Lipinski definition) is 0. The van der Waals surface area contributed by atoms with Gasteiger partial charge in [-0.3, -0.25) is 9.97 Å². The second-order valence-corrected chi connectivity index (χ2v) is 15.9. The minimum atomic E-state index is 0.914. The average Bonchev–Trinajstić information content (AvgIpc) is 3.71. The minimum Gasteiger partial charge on any atom is -0.309 e. The largest absolute Gasteiger partial charge is 0.309 e. The van der Waals surface area contributed by atoms with Gasteiger partial charge in [0.25, 0.3) is 0 Å². The first-order valence-electron chi connectivity index (χ1n) is 21.2. The second-order valence-electron chi connectivity index (χ2n) is 15.9. The van der Waals surface area contributed by atoms with Crippen molar-refractivity contribution in [2.75, 3.05) is 0 Å². The number of benzene rings is 7. The molecule has 294 valence electrons. The topological polar surface area (TPSA) is 56.5 Å². The van der Waals surface area contributed by atoms with E-state index in [2.05, 4.69) is 190 Å². The first kappa shape index (κ1) is 36.3. The van der Waals surface area contributed by atoms with Crippen LogP contribution < -0.4 is 0 Å². The molecule has 0 unspecified atom stereocenters. The molecule has 0 aliphatic carbocycles. The Morgan fingerprint density at radius 2 is 0.810 bits per heavy atom. The van der Waals surface area contributed by atoms with Gasteiger partial charge in [-0.05, 0) is 100 Å². The first-order valence-corrected chi connectivity index (χ1v) is 21.2. The van der Waals surface area contributed by atoms with Crippen LogP contribution in [-0.2, 0) is 0 Å². The zero-order valence-corrected chi connectivity index (χ0v) is 34.1. The van der Waals surface area contributed by atoms with Gasteiger partial charge >= 0.3 is 0 Å². The summed E-state index contributed by atoms with van der Waals surface area (Å²) in [5.74, 6) is 0. The van der Waals surface area contributed by atoms with Gasteiger partial charge in [0.05, 0.1) is 33.6 Å². The Kier molecular flexibility index (Phi) is 8.75. The fourth-order valence-corrected chi connectivity index (χ4v) is 9.15. The molecule has 7 aromatic carbocycles. The van der Waals surface area contributed by atoms with E-state index in [1.165, 1.54) is 16.2 Å². The highest BCUT2D eigenvalue weighted by Gasteiger charge is 2.20. The average molecular weight is 804 g/mol. The van der Waals surface area contributed by atoms with E-state index in [-0.39, 0.29) is 0 Å². The zero-order chi connectivity index (χ0) is 41.7. The fraction of sp³-hybridized carbons (Fsp3) is 0. The van der Waals surface area contributed by atoms with Crippen LogP contribution in [0.1, 0.15) is 0 Å². The monoisotopic (exact) mass is 803 g/mol. The van der Waals surface area contributed by atoms with Crippen molar-refractivity contribution in [3.05, 3.63) is 225 Å². The van der Waals surface area contributed by atoms with E-state index in [4.69, 9.17) is 9.97 Å². The van der Waals surface area contributed by atoms with E-state index in [1.54, 1.807) is 0 Å². The van der Waals surface area contributed by atoms with Crippen LogP contribution in [0.25, 0.3) is 116 Å². The molecule has 63 heavy (non-hydrogen) atoms. The molecule has 0 amide bonds. The molecule has 5 heterocycles. The van der Waals surface area contributed by atoms with Crippen molar-refractivity contribution >= 4 is 43.5 Å². The van der Waals surface area contributed by atoms with Crippen molar-refractivity contribution in [1.82, 2.24) is 24.5 Å². The molecule has 0 N–H and O–H groups in total. The minimum absolute atomic E-state index is 0.914. The third kappa shape index (κ3) is 6.42. The van der Waals surface area contributed by atoms with E-state index in [0.29, 0.717) is 0 Å². The molecule has 0 atom stereocenters. The second kappa shape index (κ2) is 15.2. The number of pyridine rings is 4. The molecule has 12 rings (SSSR count). The van der Waals surface area contributed by atoms with Gasteiger partial charge in [-0.25, -0.2) is 9.97 Å². The summed E-state index contributed by atoms with van der Waals surface area (Å²) in [4.78, 5) is 18.9. The third-order valence-electron chi connectivity index (χ3n) is 12.2. The third-order valence-corrected chi connectivity index (χ3v) is 12.2. The smallest absolute Gasteiger partial charge is 0.0788 e. The summed E-state index contributed by atoms with van der Waals surface area (Å²) in [7, 11) is 0. The predicted molar refractivity (Wildman–Crippen MR) is 260 cm³/mol. The maximum atomic E-state index is 5.27. The summed E-state index contributed by atoms with van der Waals surface area (Å²) in [5.41, 5.74) is 17.2. The van der Waals surface area contributed by atoms with Gasteiger partial charge in [-0.2, -0.15) is 0 Å². The molecular formula is C58H37N5. The summed E-state index contributed by atoms with van der Waals surface area (Å²) in [6.45, 7) is 0. The van der Waals surface area contributed by atoms with Gasteiger partial charge in [0.15, 0.2) is 0 Å². The van der Waals surface area contributed by atoms with Crippen molar-refractivity contribution < 1.29 is 0 Å². The fourth-order valence-electron chi connectivity index (χ4n) is 9.15. The lowest BCUT2D eigenvalue weighted by Gasteiger charge is -2.14. The van der Waals surface area contributed by atoms with Crippen LogP contribution >= 0.6 is 0 Å². The van der Waals surface area contributed by atoms with Crippen molar-refractivity contribution in [2.24, 2.45) is 0 Å². The lowest BCUT2D eigenvalue weighted by molar-refractivity contribution is 1.18. The maximum absolute atomic E-state index is 5.27. The molecular weight excluding hydrogens is 767 g/mol. The van der Waals surface area contributed by atoms with Gasteiger partial charge in [0.1, 0.15) is 0 Å². The number of hydrogen-bond acceptors (Lipinski definition) is 4. The number of fused-ring (bicyclic) bond motifs is 7. The quantitative estimate of drug-likeness (QED) is 0.151. The molecule has 0 saturated carbocycles. The summed E-state index contributed by atoms with van der Waals surface area (Å²) >= 11 is 0. The van der Waals surface area contributed by atoms with Crippen LogP contribution in [0.15, 0.2) is 225 Å². The molecule has 0 spiro atoms. The van der Waals surface area contributed by atoms with Crippen LogP contribution in [0.3, 0.4) is 0 Å². The molecule has 5 heteroatoms. The highest BCUT2D eigenvalue weighted by molar-refractivity contribution is 6.29. The van der Waals surface area contributed by atoms with Gasteiger partial charge in [-0.15, -0.1) is 0 Å². The molecule has 0 saturated heterocycles. The van der Waals surface area contributed by atoms with Gasteiger partial charge in [-0.1, -0.05) is 133 Å². The standard InChI is InChI=1S/C58H37N5/c1-2-8-45(9-3-1)58-50-26-27-55-57(56(50)48-10-4-6-12-51(48)62-58)49-11-5-7-13-54(49)63(55)47-24-22-40(23-25-47)46-36-52(43-18-14-38(15-19-43)41-28-32-59-33-29-41)61-53(37-46)44-20-16-39(17-21-44)42-30-34-60-35-31-42/h1-37H. The van der Waals surface area contributed by atoms with Crippen molar-refractivity contribution in [2.45, 2.75) is 0 Å². The number of nitrogens with zero attached hydrogens (tertiary/aromatic N) is 5. The highest BCUT2D eigenvalue weighted by atomic mass is 15.0. The number of aromatic nitrogens is 5. The predicted octanol–water partition coefficient (Wildman–Crippen LogP) is 14.7. The SMILES string of the molecule is c1ccc(-c2nc3ccccc3c3c2ccc2c3c3ccccc3n2-c2ccc(-c3cc(-c4ccc(-c5ccncc5)cc4)nc(-c4ccc(-c5ccncc5)cc4)c3)cc2)cc1. The Morgan fingerprint density at radius 1 is 0.302 bits per heavy atom. The van der Waals surface area contributed by atoms with E-state index in [1.807, 2.05) is 49.1 Å². The lowest BCUT2D eigenvalue weighted by atomic mass is 9.96. The van der Waals surface area contributed by atoms with Crippen LogP contribution in [0.4, 0.5) is 0 Å². The lowest BCUT2D eigenvalue weighted by Crippen LogP contribution is -1.95. The number of para-hydroxylation sites is 2. The normalized spacial score (nSPS) is 11.5. The van der Waals surface area contributed by atoms with Gasteiger partial charge in [0.2, 0.25) is 0 Å². The Labute approximate surface area is 364 Å². The van der Waals surface area contributed by atoms with Crippen molar-refractivity contribution in [3.63, 3.8) is 0 Å². The molecule has 0 aliphatic heterocycles. The molecule has 0 bridgehead atoms. The molecule has 5 nitrogen and oxygen atoms in total. The molecule has 12 aromatic rings.